The van der Waals surface area contributed by atoms with Crippen LogP contribution in [0.15, 0.2) is 0 Å². The minimum absolute atomic E-state index is 0.104. The zero-order chi connectivity index (χ0) is 11.4. The lowest BCUT2D eigenvalue weighted by Gasteiger charge is -2.38. The van der Waals surface area contributed by atoms with Crippen LogP contribution < -0.4 is 5.32 Å². The second-order valence-corrected chi connectivity index (χ2v) is 3.61. The fourth-order valence-corrected chi connectivity index (χ4v) is 1.65. The van der Waals surface area contributed by atoms with E-state index in [-0.39, 0.29) is 17.9 Å². The quantitative estimate of drug-likeness (QED) is 0.552. The number of hydrogen-bond acceptors (Lipinski definition) is 4. The first-order valence-electron chi connectivity index (χ1n) is 4.90. The van der Waals surface area contributed by atoms with E-state index in [2.05, 4.69) is 5.32 Å². The van der Waals surface area contributed by atoms with E-state index in [0.717, 1.165) is 0 Å². The van der Waals surface area contributed by atoms with Crippen LogP contribution in [0.5, 0.6) is 0 Å². The number of amides is 2. The van der Waals surface area contributed by atoms with Gasteiger partial charge in [-0.05, 0) is 7.05 Å². The molecule has 1 aliphatic heterocycles. The Bertz CT molecular complexity index is 257. The van der Waals surface area contributed by atoms with Crippen LogP contribution in [-0.4, -0.2) is 73.1 Å². The molecular weight excluding hydrogens is 198 g/mol. The Morgan fingerprint density at radius 2 is 2.13 bits per heavy atom. The number of nitrogens with one attached hydrogen (secondary N) is 1. The molecule has 15 heavy (non-hydrogen) atoms. The summed E-state index contributed by atoms with van der Waals surface area (Å²) >= 11 is 0. The molecule has 0 aromatic carbocycles. The number of likely N-dealkylation sites (N-methyl/N-ethyl adjacent to an activating group) is 2. The molecule has 2 N–H and O–H groups in total. The molecule has 1 fully saturated rings. The molecule has 1 aliphatic rings. The Kier molecular flexibility index (Phi) is 4.05. The maximum absolute atomic E-state index is 11.5. The van der Waals surface area contributed by atoms with Crippen LogP contribution >= 0.6 is 0 Å². The minimum Gasteiger partial charge on any atom is -0.387 e. The van der Waals surface area contributed by atoms with Crippen LogP contribution in [0.2, 0.25) is 0 Å². The Morgan fingerprint density at radius 3 is 2.67 bits per heavy atom. The second kappa shape index (κ2) is 5.09. The molecule has 0 aromatic rings. The van der Waals surface area contributed by atoms with Crippen LogP contribution in [0.25, 0.3) is 0 Å². The Hall–Kier alpha value is -1.14. The van der Waals surface area contributed by atoms with Gasteiger partial charge in [-0.3, -0.25) is 14.5 Å². The third-order valence-corrected chi connectivity index (χ3v) is 2.69. The lowest BCUT2D eigenvalue weighted by molar-refractivity contribution is -0.139. The van der Waals surface area contributed by atoms with Crippen LogP contribution in [0.3, 0.4) is 0 Å². The molecule has 1 saturated heterocycles. The summed E-state index contributed by atoms with van der Waals surface area (Å²) in [6, 6.07) is -0.320. The fourth-order valence-electron chi connectivity index (χ4n) is 1.65. The van der Waals surface area contributed by atoms with Crippen molar-refractivity contribution in [1.82, 2.24) is 15.1 Å². The molecule has 0 aliphatic carbocycles. The fraction of sp³-hybridized carbons (Fsp3) is 0.778. The summed E-state index contributed by atoms with van der Waals surface area (Å²) in [6.07, 6.45) is 0. The summed E-state index contributed by atoms with van der Waals surface area (Å²) in [6.45, 7) is 1.05. The van der Waals surface area contributed by atoms with Gasteiger partial charge in [0.15, 0.2) is 0 Å². The topological polar surface area (TPSA) is 72.9 Å². The standard InChI is InChI=1S/C9H17N3O3/c1-10-9(15)7-5-12(8(14)6-13)4-3-11(7)2/h7,13H,3-6H2,1-2H3,(H,10,15). The lowest BCUT2D eigenvalue weighted by Crippen LogP contribution is -2.58. The third kappa shape index (κ3) is 2.66. The summed E-state index contributed by atoms with van der Waals surface area (Å²) in [5.41, 5.74) is 0. The Morgan fingerprint density at radius 1 is 1.47 bits per heavy atom. The molecule has 6 nitrogen and oxygen atoms in total. The Labute approximate surface area is 88.8 Å². The predicted octanol–water partition coefficient (Wildman–Crippen LogP) is -2.13. The van der Waals surface area contributed by atoms with Gasteiger partial charge in [-0.25, -0.2) is 0 Å². The maximum Gasteiger partial charge on any atom is 0.248 e. The zero-order valence-electron chi connectivity index (χ0n) is 9.06. The number of carbonyl (C=O) groups is 2. The highest BCUT2D eigenvalue weighted by Gasteiger charge is 2.31. The van der Waals surface area contributed by atoms with Crippen molar-refractivity contribution in [3.8, 4) is 0 Å². The van der Waals surface area contributed by atoms with E-state index >= 15 is 0 Å². The number of rotatable bonds is 2. The van der Waals surface area contributed by atoms with Crippen molar-refractivity contribution >= 4 is 11.8 Å². The molecular formula is C9H17N3O3. The molecule has 0 bridgehead atoms. The Balaban J connectivity index is 2.63. The first kappa shape index (κ1) is 11.9. The first-order chi connectivity index (χ1) is 7.10. The van der Waals surface area contributed by atoms with Crippen molar-refractivity contribution in [2.75, 3.05) is 40.3 Å². The average molecular weight is 215 g/mol. The lowest BCUT2D eigenvalue weighted by atomic mass is 10.1. The molecule has 1 rings (SSSR count). The molecule has 6 heteroatoms. The summed E-state index contributed by atoms with van der Waals surface area (Å²) < 4.78 is 0. The van der Waals surface area contributed by atoms with E-state index in [4.69, 9.17) is 5.11 Å². The highest BCUT2D eigenvalue weighted by Crippen LogP contribution is 2.07. The third-order valence-electron chi connectivity index (χ3n) is 2.69. The SMILES string of the molecule is CNC(=O)C1CN(C(=O)CO)CCN1C. The summed E-state index contributed by atoms with van der Waals surface area (Å²) in [5, 5.41) is 11.3. The van der Waals surface area contributed by atoms with E-state index in [9.17, 15) is 9.59 Å². The molecule has 0 spiro atoms. The van der Waals surface area contributed by atoms with E-state index in [0.29, 0.717) is 19.6 Å². The van der Waals surface area contributed by atoms with Gasteiger partial charge < -0.3 is 15.3 Å². The molecule has 1 unspecified atom stereocenters. The van der Waals surface area contributed by atoms with Crippen LogP contribution in [-0.2, 0) is 9.59 Å². The molecule has 0 saturated carbocycles. The van der Waals surface area contributed by atoms with Gasteiger partial charge in [0.05, 0.1) is 0 Å². The molecule has 1 heterocycles. The molecule has 0 radical (unpaired) electrons. The smallest absolute Gasteiger partial charge is 0.248 e. The van der Waals surface area contributed by atoms with Crippen molar-refractivity contribution in [1.29, 1.82) is 0 Å². The second-order valence-electron chi connectivity index (χ2n) is 3.61. The van der Waals surface area contributed by atoms with Gasteiger partial charge in [0.25, 0.3) is 0 Å². The van der Waals surface area contributed by atoms with Gasteiger partial charge in [-0.15, -0.1) is 0 Å². The molecule has 1 atom stereocenters. The number of piperazine rings is 1. The number of carbonyl (C=O) groups excluding carboxylic acids is 2. The van der Waals surface area contributed by atoms with Crippen LogP contribution in [0.1, 0.15) is 0 Å². The minimum atomic E-state index is -0.496. The van der Waals surface area contributed by atoms with Crippen molar-refractivity contribution in [2.45, 2.75) is 6.04 Å². The van der Waals surface area contributed by atoms with Crippen molar-refractivity contribution < 1.29 is 14.7 Å². The van der Waals surface area contributed by atoms with Crippen molar-refractivity contribution in [3.05, 3.63) is 0 Å². The number of nitrogens with zero attached hydrogens (tertiary/aromatic N) is 2. The number of aliphatic hydroxyl groups excluding tert-OH is 1. The van der Waals surface area contributed by atoms with Crippen molar-refractivity contribution in [3.63, 3.8) is 0 Å². The largest absolute Gasteiger partial charge is 0.387 e. The van der Waals surface area contributed by atoms with Gasteiger partial charge in [-0.1, -0.05) is 0 Å². The van der Waals surface area contributed by atoms with Gasteiger partial charge in [-0.2, -0.15) is 0 Å². The normalized spacial score (nSPS) is 22.6. The highest BCUT2D eigenvalue weighted by atomic mass is 16.3. The highest BCUT2D eigenvalue weighted by molar-refractivity contribution is 5.83. The van der Waals surface area contributed by atoms with Gasteiger partial charge >= 0.3 is 0 Å². The summed E-state index contributed by atoms with van der Waals surface area (Å²) in [4.78, 5) is 26.2. The van der Waals surface area contributed by atoms with Gasteiger partial charge in [0.1, 0.15) is 12.6 Å². The van der Waals surface area contributed by atoms with E-state index in [1.165, 1.54) is 4.90 Å². The summed E-state index contributed by atoms with van der Waals surface area (Å²) in [7, 11) is 3.42. The van der Waals surface area contributed by atoms with E-state index < -0.39 is 6.61 Å². The molecule has 0 aromatic heterocycles. The van der Waals surface area contributed by atoms with Gasteiger partial charge in [0, 0.05) is 26.7 Å². The van der Waals surface area contributed by atoms with E-state index in [1.54, 1.807) is 7.05 Å². The first-order valence-corrected chi connectivity index (χ1v) is 4.90. The van der Waals surface area contributed by atoms with Gasteiger partial charge in [0.2, 0.25) is 11.8 Å². The van der Waals surface area contributed by atoms with Crippen LogP contribution in [0, 0.1) is 0 Å². The van der Waals surface area contributed by atoms with Crippen LogP contribution in [0.4, 0.5) is 0 Å². The predicted molar refractivity (Wildman–Crippen MR) is 54.2 cm³/mol. The monoisotopic (exact) mass is 215 g/mol. The maximum atomic E-state index is 11.5. The van der Waals surface area contributed by atoms with E-state index in [1.807, 2.05) is 11.9 Å². The molecule has 86 valence electrons. The number of aliphatic hydroxyl groups is 1. The average Bonchev–Trinajstić information content (AvgIpc) is 2.27. The molecule has 2 amide bonds. The zero-order valence-corrected chi connectivity index (χ0v) is 9.06. The number of hydrogen-bond donors (Lipinski definition) is 2. The summed E-state index contributed by atoms with van der Waals surface area (Å²) in [5.74, 6) is -0.426. The van der Waals surface area contributed by atoms with Crippen molar-refractivity contribution in [2.24, 2.45) is 0 Å².